The van der Waals surface area contributed by atoms with Gasteiger partial charge >= 0.3 is 0 Å². The molecule has 1 aromatic heterocycles. The smallest absolute Gasteiger partial charge is 0.289 e. The van der Waals surface area contributed by atoms with Crippen LogP contribution in [-0.4, -0.2) is 53.6 Å². The van der Waals surface area contributed by atoms with Gasteiger partial charge in [-0.05, 0) is 24.1 Å². The molecule has 1 fully saturated rings. The molecule has 0 unspecified atom stereocenters. The van der Waals surface area contributed by atoms with Crippen LogP contribution in [0.25, 0.3) is 0 Å². The van der Waals surface area contributed by atoms with E-state index in [9.17, 15) is 14.4 Å². The molecule has 0 N–H and O–H groups in total. The zero-order valence-corrected chi connectivity index (χ0v) is 15.5. The Morgan fingerprint density at radius 3 is 2.19 bits per heavy atom. The summed E-state index contributed by atoms with van der Waals surface area (Å²) in [5.41, 5.74) is 1.83. The number of rotatable bonds is 6. The second-order valence-electron chi connectivity index (χ2n) is 6.62. The molecule has 0 radical (unpaired) electrons. The van der Waals surface area contributed by atoms with Crippen molar-refractivity contribution >= 4 is 17.6 Å². The lowest BCUT2D eigenvalue weighted by atomic mass is 10.0. The first-order valence-electron chi connectivity index (χ1n) is 9.31. The van der Waals surface area contributed by atoms with Crippen LogP contribution in [0.5, 0.6) is 0 Å². The third-order valence-electron chi connectivity index (χ3n) is 4.90. The molecule has 0 bridgehead atoms. The first-order valence-corrected chi connectivity index (χ1v) is 9.31. The minimum Gasteiger partial charge on any atom is -0.459 e. The van der Waals surface area contributed by atoms with Crippen LogP contribution in [0.4, 0.5) is 0 Å². The van der Waals surface area contributed by atoms with E-state index in [4.69, 9.17) is 4.42 Å². The summed E-state index contributed by atoms with van der Waals surface area (Å²) in [7, 11) is 0. The Bertz CT molecular complexity index is 788. The first kappa shape index (κ1) is 18.9. The van der Waals surface area contributed by atoms with Gasteiger partial charge < -0.3 is 14.2 Å². The number of furan rings is 1. The summed E-state index contributed by atoms with van der Waals surface area (Å²) in [5, 5.41) is 0. The van der Waals surface area contributed by atoms with Gasteiger partial charge in [-0.1, -0.05) is 31.2 Å². The molecule has 1 aromatic carbocycles. The minimum atomic E-state index is -0.155. The van der Waals surface area contributed by atoms with E-state index in [0.29, 0.717) is 37.5 Å². The van der Waals surface area contributed by atoms with Crippen LogP contribution in [-0.2, 0) is 11.2 Å². The maximum absolute atomic E-state index is 12.4. The molecule has 2 aromatic rings. The molecule has 2 amide bonds. The summed E-state index contributed by atoms with van der Waals surface area (Å²) in [5.74, 6) is 0.100. The van der Waals surface area contributed by atoms with Gasteiger partial charge in [-0.2, -0.15) is 0 Å². The highest BCUT2D eigenvalue weighted by molar-refractivity contribution is 5.98. The number of piperazine rings is 1. The van der Waals surface area contributed by atoms with Crippen LogP contribution in [0.1, 0.15) is 46.2 Å². The van der Waals surface area contributed by atoms with E-state index in [1.54, 1.807) is 21.9 Å². The predicted octanol–water partition coefficient (Wildman–Crippen LogP) is 2.79. The standard InChI is InChI=1S/C21H24N2O4/c1-2-16-5-7-17(8-6-16)18(24)9-10-20(25)22-11-13-23(14-12-22)21(26)19-4-3-15-27-19/h3-8,15H,2,9-14H2,1H3. The number of ketones is 1. The van der Waals surface area contributed by atoms with Crippen molar-refractivity contribution in [2.75, 3.05) is 26.2 Å². The lowest BCUT2D eigenvalue weighted by Crippen LogP contribution is -2.50. The maximum atomic E-state index is 12.4. The van der Waals surface area contributed by atoms with E-state index >= 15 is 0 Å². The van der Waals surface area contributed by atoms with Crippen molar-refractivity contribution in [2.45, 2.75) is 26.2 Å². The minimum absolute atomic E-state index is 0.0161. The molecule has 1 aliphatic heterocycles. The van der Waals surface area contributed by atoms with Gasteiger partial charge in [0.05, 0.1) is 6.26 Å². The first-order chi connectivity index (χ1) is 13.1. The van der Waals surface area contributed by atoms with Crippen molar-refractivity contribution in [3.63, 3.8) is 0 Å². The Morgan fingerprint density at radius 1 is 0.926 bits per heavy atom. The Morgan fingerprint density at radius 2 is 1.59 bits per heavy atom. The van der Waals surface area contributed by atoms with E-state index in [2.05, 4.69) is 6.92 Å². The molecule has 0 aliphatic carbocycles. The van der Waals surface area contributed by atoms with Gasteiger partial charge in [-0.3, -0.25) is 14.4 Å². The van der Waals surface area contributed by atoms with Crippen molar-refractivity contribution < 1.29 is 18.8 Å². The summed E-state index contributed by atoms with van der Waals surface area (Å²) in [6.45, 7) is 3.96. The molecule has 142 valence electrons. The Labute approximate surface area is 158 Å². The summed E-state index contributed by atoms with van der Waals surface area (Å²) in [6.07, 6.45) is 2.80. The Kier molecular flexibility index (Phi) is 6.06. The Balaban J connectivity index is 1.45. The van der Waals surface area contributed by atoms with Crippen LogP contribution < -0.4 is 0 Å². The highest BCUT2D eigenvalue weighted by atomic mass is 16.3. The van der Waals surface area contributed by atoms with Gasteiger partial charge in [-0.25, -0.2) is 0 Å². The molecule has 3 rings (SSSR count). The lowest BCUT2D eigenvalue weighted by molar-refractivity contribution is -0.132. The van der Waals surface area contributed by atoms with Crippen molar-refractivity contribution in [2.24, 2.45) is 0 Å². The van der Waals surface area contributed by atoms with Gasteiger partial charge in [0.2, 0.25) is 5.91 Å². The summed E-state index contributed by atoms with van der Waals surface area (Å²) in [4.78, 5) is 40.3. The SMILES string of the molecule is CCc1ccc(C(=O)CCC(=O)N2CCN(C(=O)c3ccco3)CC2)cc1. The molecule has 1 aliphatic rings. The zero-order valence-electron chi connectivity index (χ0n) is 15.5. The second-order valence-corrected chi connectivity index (χ2v) is 6.62. The number of nitrogens with zero attached hydrogens (tertiary/aromatic N) is 2. The molecular weight excluding hydrogens is 344 g/mol. The molecule has 0 atom stereocenters. The molecule has 2 heterocycles. The third kappa shape index (κ3) is 4.64. The van der Waals surface area contributed by atoms with Crippen LogP contribution in [0.3, 0.4) is 0 Å². The van der Waals surface area contributed by atoms with Gasteiger partial charge in [0.15, 0.2) is 11.5 Å². The normalized spacial score (nSPS) is 14.3. The fourth-order valence-electron chi connectivity index (χ4n) is 3.16. The summed E-state index contributed by atoms with van der Waals surface area (Å²) >= 11 is 0. The summed E-state index contributed by atoms with van der Waals surface area (Å²) < 4.78 is 5.14. The predicted molar refractivity (Wildman–Crippen MR) is 101 cm³/mol. The van der Waals surface area contributed by atoms with Gasteiger partial charge in [0.1, 0.15) is 0 Å². The van der Waals surface area contributed by atoms with Gasteiger partial charge in [0, 0.05) is 44.6 Å². The average Bonchev–Trinajstić information content (AvgIpc) is 3.26. The average molecular weight is 368 g/mol. The highest BCUT2D eigenvalue weighted by Crippen LogP contribution is 2.13. The molecule has 27 heavy (non-hydrogen) atoms. The van der Waals surface area contributed by atoms with Crippen LogP contribution in [0.15, 0.2) is 47.1 Å². The number of benzene rings is 1. The molecule has 6 nitrogen and oxygen atoms in total. The fourth-order valence-corrected chi connectivity index (χ4v) is 3.16. The lowest BCUT2D eigenvalue weighted by Gasteiger charge is -2.34. The second kappa shape index (κ2) is 8.66. The summed E-state index contributed by atoms with van der Waals surface area (Å²) in [6, 6.07) is 10.9. The highest BCUT2D eigenvalue weighted by Gasteiger charge is 2.26. The molecule has 0 spiro atoms. The number of Topliss-reactive ketones (excluding diaryl/α,β-unsaturated/α-hetero) is 1. The van der Waals surface area contributed by atoms with Crippen molar-refractivity contribution in [3.8, 4) is 0 Å². The van der Waals surface area contributed by atoms with Gasteiger partial charge in [0.25, 0.3) is 5.91 Å². The van der Waals surface area contributed by atoms with E-state index in [1.165, 1.54) is 11.8 Å². The van der Waals surface area contributed by atoms with E-state index < -0.39 is 0 Å². The van der Waals surface area contributed by atoms with Crippen molar-refractivity contribution in [3.05, 3.63) is 59.5 Å². The number of aryl methyl sites for hydroxylation is 1. The van der Waals surface area contributed by atoms with Crippen molar-refractivity contribution in [1.29, 1.82) is 0 Å². The maximum Gasteiger partial charge on any atom is 0.289 e. The number of carbonyl (C=O) groups is 3. The largest absolute Gasteiger partial charge is 0.459 e. The van der Waals surface area contributed by atoms with Crippen molar-refractivity contribution in [1.82, 2.24) is 9.80 Å². The quantitative estimate of drug-likeness (QED) is 0.735. The number of amides is 2. The van der Waals surface area contributed by atoms with Gasteiger partial charge in [-0.15, -0.1) is 0 Å². The van der Waals surface area contributed by atoms with E-state index in [1.807, 2.05) is 24.3 Å². The Hall–Kier alpha value is -2.89. The topological polar surface area (TPSA) is 70.8 Å². The molecule has 1 saturated heterocycles. The molecule has 0 saturated carbocycles. The fraction of sp³-hybridized carbons (Fsp3) is 0.381. The molecule has 6 heteroatoms. The number of carbonyl (C=O) groups excluding carboxylic acids is 3. The van der Waals surface area contributed by atoms with E-state index in [0.717, 1.165) is 6.42 Å². The van der Waals surface area contributed by atoms with E-state index in [-0.39, 0.29) is 30.4 Å². The van der Waals surface area contributed by atoms with Crippen LogP contribution >= 0.6 is 0 Å². The van der Waals surface area contributed by atoms with Crippen LogP contribution in [0.2, 0.25) is 0 Å². The molecular formula is C21H24N2O4. The number of hydrogen-bond acceptors (Lipinski definition) is 4. The monoisotopic (exact) mass is 368 g/mol. The zero-order chi connectivity index (χ0) is 19.2. The van der Waals surface area contributed by atoms with Crippen LogP contribution in [0, 0.1) is 0 Å². The number of hydrogen-bond donors (Lipinski definition) is 0. The third-order valence-corrected chi connectivity index (χ3v) is 4.90.